The zero-order valence-electron chi connectivity index (χ0n) is 14.1. The summed E-state index contributed by atoms with van der Waals surface area (Å²) in [4.78, 5) is 14.7. The maximum Gasteiger partial charge on any atom is 0.254 e. The largest absolute Gasteiger partial charge is 0.497 e. The third-order valence-electron chi connectivity index (χ3n) is 5.44. The number of carbonyl (C=O) groups excluding carboxylic acids is 1. The molecule has 2 aromatic carbocycles. The molecular formula is C21H23NO2. The second-order valence-electron chi connectivity index (χ2n) is 6.86. The smallest absolute Gasteiger partial charge is 0.254 e. The first kappa shape index (κ1) is 15.3. The number of ether oxygens (including phenoxy) is 1. The number of amides is 1. The Labute approximate surface area is 143 Å². The van der Waals surface area contributed by atoms with E-state index in [0.29, 0.717) is 6.54 Å². The van der Waals surface area contributed by atoms with Crippen molar-refractivity contribution in [2.24, 2.45) is 0 Å². The normalized spacial score (nSPS) is 17.1. The van der Waals surface area contributed by atoms with Crippen molar-refractivity contribution in [1.29, 1.82) is 0 Å². The molecule has 1 fully saturated rings. The molecular weight excluding hydrogens is 298 g/mol. The molecule has 0 saturated heterocycles. The Morgan fingerprint density at radius 3 is 2.54 bits per heavy atom. The van der Waals surface area contributed by atoms with Gasteiger partial charge in [0, 0.05) is 18.7 Å². The van der Waals surface area contributed by atoms with E-state index in [-0.39, 0.29) is 5.91 Å². The van der Waals surface area contributed by atoms with Crippen LogP contribution in [-0.4, -0.2) is 24.5 Å². The first-order chi connectivity index (χ1) is 11.7. The highest BCUT2D eigenvalue weighted by molar-refractivity contribution is 5.94. The molecule has 0 unspecified atom stereocenters. The molecule has 1 aliphatic carbocycles. The highest BCUT2D eigenvalue weighted by Crippen LogP contribution is 2.37. The third kappa shape index (κ3) is 2.79. The average Bonchev–Trinajstić information content (AvgIpc) is 2.59. The monoisotopic (exact) mass is 321 g/mol. The number of hydrogen-bond acceptors (Lipinski definition) is 2. The van der Waals surface area contributed by atoms with Gasteiger partial charge in [-0.05, 0) is 66.1 Å². The van der Waals surface area contributed by atoms with Gasteiger partial charge >= 0.3 is 0 Å². The average molecular weight is 321 g/mol. The minimum Gasteiger partial charge on any atom is -0.497 e. The maximum absolute atomic E-state index is 12.7. The number of rotatable bonds is 3. The van der Waals surface area contributed by atoms with Crippen LogP contribution in [-0.2, 0) is 13.0 Å². The Morgan fingerprint density at radius 1 is 1.08 bits per heavy atom. The SMILES string of the molecule is COc1ccc(C(=O)N2CCc3cc(C4CCC4)ccc3C2)cc1. The number of methoxy groups -OCH3 is 1. The number of hydrogen-bond donors (Lipinski definition) is 0. The summed E-state index contributed by atoms with van der Waals surface area (Å²) < 4.78 is 5.16. The fourth-order valence-electron chi connectivity index (χ4n) is 3.66. The molecule has 2 aliphatic rings. The standard InChI is InChI=1S/C21H23NO2/c1-24-20-9-7-16(8-10-20)21(23)22-12-11-18-13-17(15-3-2-4-15)5-6-19(18)14-22/h5-10,13,15H,2-4,11-12,14H2,1H3. The molecule has 3 heteroatoms. The van der Waals surface area contributed by atoms with E-state index in [2.05, 4.69) is 18.2 Å². The molecule has 4 rings (SSSR count). The quantitative estimate of drug-likeness (QED) is 0.849. The number of fused-ring (bicyclic) bond motifs is 1. The highest BCUT2D eigenvalue weighted by Gasteiger charge is 2.24. The number of carbonyl (C=O) groups is 1. The molecule has 1 heterocycles. The molecule has 0 bridgehead atoms. The molecule has 0 radical (unpaired) electrons. The van der Waals surface area contributed by atoms with Crippen LogP contribution < -0.4 is 4.74 Å². The van der Waals surface area contributed by atoms with Crippen molar-refractivity contribution >= 4 is 5.91 Å². The van der Waals surface area contributed by atoms with Crippen LogP contribution >= 0.6 is 0 Å². The van der Waals surface area contributed by atoms with Gasteiger partial charge in [0.2, 0.25) is 0 Å². The van der Waals surface area contributed by atoms with Gasteiger partial charge < -0.3 is 9.64 Å². The van der Waals surface area contributed by atoms with E-state index >= 15 is 0 Å². The van der Waals surface area contributed by atoms with Crippen molar-refractivity contribution in [3.63, 3.8) is 0 Å². The van der Waals surface area contributed by atoms with E-state index in [4.69, 9.17) is 4.74 Å². The lowest BCUT2D eigenvalue weighted by Gasteiger charge is -2.31. The molecule has 0 spiro atoms. The van der Waals surface area contributed by atoms with E-state index in [9.17, 15) is 4.79 Å². The predicted octanol–water partition coefficient (Wildman–Crippen LogP) is 4.16. The van der Waals surface area contributed by atoms with Gasteiger partial charge in [0.1, 0.15) is 5.75 Å². The van der Waals surface area contributed by atoms with Gasteiger partial charge in [-0.3, -0.25) is 4.79 Å². The number of nitrogens with zero attached hydrogens (tertiary/aromatic N) is 1. The molecule has 0 aromatic heterocycles. The first-order valence-corrected chi connectivity index (χ1v) is 8.79. The summed E-state index contributed by atoms with van der Waals surface area (Å²) >= 11 is 0. The zero-order chi connectivity index (χ0) is 16.5. The van der Waals surface area contributed by atoms with Crippen molar-refractivity contribution in [3.8, 4) is 5.75 Å². The van der Waals surface area contributed by atoms with Crippen molar-refractivity contribution in [2.45, 2.75) is 38.1 Å². The summed E-state index contributed by atoms with van der Waals surface area (Å²) in [6.07, 6.45) is 4.99. The second-order valence-corrected chi connectivity index (χ2v) is 6.86. The van der Waals surface area contributed by atoms with Crippen LogP contribution in [0, 0.1) is 0 Å². The second kappa shape index (κ2) is 6.31. The van der Waals surface area contributed by atoms with Crippen LogP contribution in [0.2, 0.25) is 0 Å². The fraction of sp³-hybridized carbons (Fsp3) is 0.381. The predicted molar refractivity (Wildman–Crippen MR) is 94.5 cm³/mol. The van der Waals surface area contributed by atoms with E-state index in [0.717, 1.165) is 30.2 Å². The summed E-state index contributed by atoms with van der Waals surface area (Å²) in [5, 5.41) is 0. The Bertz CT molecular complexity index is 747. The molecule has 0 N–H and O–H groups in total. The van der Waals surface area contributed by atoms with E-state index in [1.807, 2.05) is 29.2 Å². The summed E-state index contributed by atoms with van der Waals surface area (Å²) in [6, 6.07) is 14.3. The maximum atomic E-state index is 12.7. The van der Waals surface area contributed by atoms with Crippen LogP contribution in [0.3, 0.4) is 0 Å². The first-order valence-electron chi connectivity index (χ1n) is 8.79. The summed E-state index contributed by atoms with van der Waals surface area (Å²) in [6.45, 7) is 1.51. The lowest BCUT2D eigenvalue weighted by Crippen LogP contribution is -2.36. The minimum atomic E-state index is 0.103. The lowest BCUT2D eigenvalue weighted by molar-refractivity contribution is 0.0734. The van der Waals surface area contributed by atoms with Gasteiger partial charge in [-0.15, -0.1) is 0 Å². The van der Waals surface area contributed by atoms with Crippen LogP contribution in [0.4, 0.5) is 0 Å². The topological polar surface area (TPSA) is 29.5 Å². The van der Waals surface area contributed by atoms with Crippen molar-refractivity contribution in [3.05, 3.63) is 64.7 Å². The molecule has 124 valence electrons. The molecule has 1 amide bonds. The van der Waals surface area contributed by atoms with Gasteiger partial charge in [0.15, 0.2) is 0 Å². The van der Waals surface area contributed by atoms with E-state index < -0.39 is 0 Å². The summed E-state index contributed by atoms with van der Waals surface area (Å²) in [5.74, 6) is 1.65. The van der Waals surface area contributed by atoms with E-state index in [1.165, 1.54) is 36.0 Å². The number of benzene rings is 2. The van der Waals surface area contributed by atoms with Gasteiger partial charge in [-0.2, -0.15) is 0 Å². The Kier molecular flexibility index (Phi) is 4.01. The van der Waals surface area contributed by atoms with Crippen LogP contribution in [0.5, 0.6) is 5.75 Å². The minimum absolute atomic E-state index is 0.103. The highest BCUT2D eigenvalue weighted by atomic mass is 16.5. The van der Waals surface area contributed by atoms with Gasteiger partial charge in [-0.1, -0.05) is 24.6 Å². The summed E-state index contributed by atoms with van der Waals surface area (Å²) in [5.41, 5.74) is 4.95. The molecule has 2 aromatic rings. The van der Waals surface area contributed by atoms with Gasteiger partial charge in [0.25, 0.3) is 5.91 Å². The Hall–Kier alpha value is -2.29. The Balaban J connectivity index is 1.49. The van der Waals surface area contributed by atoms with Gasteiger partial charge in [0.05, 0.1) is 7.11 Å². The van der Waals surface area contributed by atoms with Crippen molar-refractivity contribution < 1.29 is 9.53 Å². The van der Waals surface area contributed by atoms with Gasteiger partial charge in [-0.25, -0.2) is 0 Å². The zero-order valence-corrected chi connectivity index (χ0v) is 14.1. The molecule has 1 aliphatic heterocycles. The summed E-state index contributed by atoms with van der Waals surface area (Å²) in [7, 11) is 1.64. The van der Waals surface area contributed by atoms with Crippen LogP contribution in [0.1, 0.15) is 52.2 Å². The fourth-order valence-corrected chi connectivity index (χ4v) is 3.66. The molecule has 3 nitrogen and oxygen atoms in total. The van der Waals surface area contributed by atoms with Crippen LogP contribution in [0.25, 0.3) is 0 Å². The third-order valence-corrected chi connectivity index (χ3v) is 5.44. The molecule has 24 heavy (non-hydrogen) atoms. The lowest BCUT2D eigenvalue weighted by atomic mass is 9.79. The Morgan fingerprint density at radius 2 is 1.88 bits per heavy atom. The molecule has 0 atom stereocenters. The molecule has 1 saturated carbocycles. The van der Waals surface area contributed by atoms with E-state index in [1.54, 1.807) is 7.11 Å². The van der Waals surface area contributed by atoms with Crippen molar-refractivity contribution in [2.75, 3.05) is 13.7 Å². The van der Waals surface area contributed by atoms with Crippen LogP contribution in [0.15, 0.2) is 42.5 Å². The van der Waals surface area contributed by atoms with Crippen molar-refractivity contribution in [1.82, 2.24) is 4.90 Å².